The Morgan fingerprint density at radius 3 is 2.59 bits per heavy atom. The number of anilines is 1. The van der Waals surface area contributed by atoms with Crippen LogP contribution in [0, 0.1) is 0 Å². The SMILES string of the molecule is COc1ccc(Cn2c(CCC(=O)Nc3ccc(OC)c(Cl)c3)nc3ncccc3c2=O)cc1. The molecule has 0 spiro atoms. The average Bonchev–Trinajstić information content (AvgIpc) is 2.85. The van der Waals surface area contributed by atoms with Crippen molar-refractivity contribution in [3.05, 3.63) is 87.6 Å². The van der Waals surface area contributed by atoms with Crippen molar-refractivity contribution in [2.24, 2.45) is 0 Å². The molecule has 0 aliphatic rings. The van der Waals surface area contributed by atoms with Crippen molar-refractivity contribution in [1.29, 1.82) is 0 Å². The van der Waals surface area contributed by atoms with E-state index in [4.69, 9.17) is 21.1 Å². The molecule has 0 unspecified atom stereocenters. The highest BCUT2D eigenvalue weighted by molar-refractivity contribution is 6.32. The first kappa shape index (κ1) is 23.3. The summed E-state index contributed by atoms with van der Waals surface area (Å²) in [6.45, 7) is 0.311. The van der Waals surface area contributed by atoms with Crippen LogP contribution in [0.3, 0.4) is 0 Å². The second-order valence-corrected chi connectivity index (χ2v) is 7.95. The minimum Gasteiger partial charge on any atom is -0.497 e. The van der Waals surface area contributed by atoms with E-state index in [2.05, 4.69) is 15.3 Å². The van der Waals surface area contributed by atoms with Crippen LogP contribution in [0.4, 0.5) is 5.69 Å². The maximum absolute atomic E-state index is 13.2. The summed E-state index contributed by atoms with van der Waals surface area (Å²) in [5, 5.41) is 3.64. The Morgan fingerprint density at radius 2 is 1.88 bits per heavy atom. The Kier molecular flexibility index (Phi) is 7.08. The van der Waals surface area contributed by atoms with Gasteiger partial charge in [-0.25, -0.2) is 9.97 Å². The van der Waals surface area contributed by atoms with Crippen LogP contribution >= 0.6 is 11.6 Å². The van der Waals surface area contributed by atoms with Gasteiger partial charge >= 0.3 is 0 Å². The fourth-order valence-corrected chi connectivity index (χ4v) is 3.82. The van der Waals surface area contributed by atoms with Crippen molar-refractivity contribution >= 4 is 34.2 Å². The van der Waals surface area contributed by atoms with Gasteiger partial charge in [0.1, 0.15) is 17.3 Å². The van der Waals surface area contributed by atoms with Gasteiger partial charge < -0.3 is 14.8 Å². The van der Waals surface area contributed by atoms with Gasteiger partial charge in [-0.1, -0.05) is 23.7 Å². The fraction of sp³-hybridized carbons (Fsp3) is 0.200. The number of nitrogens with one attached hydrogen (secondary N) is 1. The molecule has 0 atom stereocenters. The molecule has 34 heavy (non-hydrogen) atoms. The maximum Gasteiger partial charge on any atom is 0.263 e. The van der Waals surface area contributed by atoms with Crippen molar-refractivity contribution in [3.63, 3.8) is 0 Å². The third kappa shape index (κ3) is 5.18. The smallest absolute Gasteiger partial charge is 0.263 e. The number of aromatic nitrogens is 3. The molecule has 2 heterocycles. The first-order valence-corrected chi connectivity index (χ1v) is 11.0. The van der Waals surface area contributed by atoms with Crippen LogP contribution in [0.5, 0.6) is 11.5 Å². The molecule has 0 radical (unpaired) electrons. The summed E-state index contributed by atoms with van der Waals surface area (Å²) in [6.07, 6.45) is 1.97. The van der Waals surface area contributed by atoms with Crippen LogP contribution in [-0.2, 0) is 17.8 Å². The first-order valence-electron chi connectivity index (χ1n) is 10.6. The van der Waals surface area contributed by atoms with Gasteiger partial charge in [0.25, 0.3) is 5.56 Å². The molecule has 0 aliphatic carbocycles. The lowest BCUT2D eigenvalue weighted by molar-refractivity contribution is -0.116. The van der Waals surface area contributed by atoms with Crippen LogP contribution in [-0.4, -0.2) is 34.7 Å². The molecule has 0 bridgehead atoms. The van der Waals surface area contributed by atoms with Crippen LogP contribution in [0.1, 0.15) is 17.8 Å². The topological polar surface area (TPSA) is 95.3 Å². The minimum absolute atomic E-state index is 0.122. The van der Waals surface area contributed by atoms with Gasteiger partial charge in [-0.05, 0) is 48.0 Å². The first-order chi connectivity index (χ1) is 16.5. The number of carbonyl (C=O) groups excluding carboxylic acids is 1. The second-order valence-electron chi connectivity index (χ2n) is 7.54. The number of carbonyl (C=O) groups is 1. The van der Waals surface area contributed by atoms with Crippen LogP contribution in [0.25, 0.3) is 11.0 Å². The zero-order valence-corrected chi connectivity index (χ0v) is 19.5. The molecule has 4 aromatic rings. The molecule has 0 fully saturated rings. The number of rotatable bonds is 8. The van der Waals surface area contributed by atoms with Gasteiger partial charge in [0.2, 0.25) is 5.91 Å². The second kappa shape index (κ2) is 10.4. The maximum atomic E-state index is 13.2. The Balaban J connectivity index is 1.57. The number of halogens is 1. The van der Waals surface area contributed by atoms with Crippen LogP contribution < -0.4 is 20.3 Å². The number of hydrogen-bond donors (Lipinski definition) is 1. The monoisotopic (exact) mass is 478 g/mol. The summed E-state index contributed by atoms with van der Waals surface area (Å²) < 4.78 is 11.9. The standard InChI is InChI=1S/C25H23ClN4O4/c1-33-18-8-5-16(6-9-18)15-30-22(29-24-19(25(30)32)4-3-13-27-24)11-12-23(31)28-17-7-10-21(34-2)20(26)14-17/h3-10,13-14H,11-12,15H2,1-2H3,(H,28,31). The number of methoxy groups -OCH3 is 2. The molecule has 2 aromatic carbocycles. The molecule has 174 valence electrons. The van der Waals surface area contributed by atoms with Gasteiger partial charge in [-0.3, -0.25) is 14.2 Å². The summed E-state index contributed by atoms with van der Waals surface area (Å²) in [7, 11) is 3.12. The van der Waals surface area contributed by atoms with Crippen molar-refractivity contribution in [1.82, 2.24) is 14.5 Å². The molecule has 8 nitrogen and oxygen atoms in total. The zero-order valence-electron chi connectivity index (χ0n) is 18.7. The predicted molar refractivity (Wildman–Crippen MR) is 131 cm³/mol. The third-order valence-corrected chi connectivity index (χ3v) is 5.62. The molecule has 9 heteroatoms. The van der Waals surface area contributed by atoms with Crippen molar-refractivity contribution in [2.75, 3.05) is 19.5 Å². The fourth-order valence-electron chi connectivity index (χ4n) is 3.56. The normalized spacial score (nSPS) is 10.8. The van der Waals surface area contributed by atoms with E-state index in [1.807, 2.05) is 24.3 Å². The van der Waals surface area contributed by atoms with E-state index in [0.29, 0.717) is 39.9 Å². The van der Waals surface area contributed by atoms with E-state index in [1.54, 1.807) is 48.2 Å². The highest BCUT2D eigenvalue weighted by Crippen LogP contribution is 2.27. The number of amides is 1. The molecule has 2 aromatic heterocycles. The predicted octanol–water partition coefficient (Wildman–Crippen LogP) is 4.08. The van der Waals surface area contributed by atoms with Gasteiger partial charge in [-0.15, -0.1) is 0 Å². The van der Waals surface area contributed by atoms with E-state index in [9.17, 15) is 9.59 Å². The third-order valence-electron chi connectivity index (χ3n) is 5.32. The number of nitrogens with zero attached hydrogens (tertiary/aromatic N) is 3. The summed E-state index contributed by atoms with van der Waals surface area (Å²) >= 11 is 6.14. The molecule has 1 N–H and O–H groups in total. The Morgan fingerprint density at radius 1 is 1.09 bits per heavy atom. The largest absolute Gasteiger partial charge is 0.497 e. The van der Waals surface area contributed by atoms with E-state index < -0.39 is 0 Å². The summed E-state index contributed by atoms with van der Waals surface area (Å²) in [4.78, 5) is 34.7. The van der Waals surface area contributed by atoms with Crippen molar-refractivity contribution in [2.45, 2.75) is 19.4 Å². The zero-order chi connectivity index (χ0) is 24.1. The number of benzene rings is 2. The van der Waals surface area contributed by atoms with Gasteiger partial charge in [-0.2, -0.15) is 0 Å². The Labute approximate surface area is 201 Å². The van der Waals surface area contributed by atoms with E-state index in [-0.39, 0.29) is 24.3 Å². The van der Waals surface area contributed by atoms with Crippen molar-refractivity contribution < 1.29 is 14.3 Å². The van der Waals surface area contributed by atoms with E-state index >= 15 is 0 Å². The van der Waals surface area contributed by atoms with E-state index in [1.165, 1.54) is 7.11 Å². The molecular weight excluding hydrogens is 456 g/mol. The lowest BCUT2D eigenvalue weighted by Crippen LogP contribution is -2.27. The van der Waals surface area contributed by atoms with Gasteiger partial charge in [0.05, 0.1) is 31.2 Å². The molecular formula is C25H23ClN4O4. The lowest BCUT2D eigenvalue weighted by atomic mass is 10.2. The summed E-state index contributed by atoms with van der Waals surface area (Å²) in [5.41, 5.74) is 1.62. The minimum atomic E-state index is -0.229. The Hall–Kier alpha value is -3.91. The van der Waals surface area contributed by atoms with Gasteiger partial charge in [0, 0.05) is 24.7 Å². The molecule has 0 aliphatic heterocycles. The molecule has 4 rings (SSSR count). The number of fused-ring (bicyclic) bond motifs is 1. The number of aryl methyl sites for hydroxylation is 1. The van der Waals surface area contributed by atoms with E-state index in [0.717, 1.165) is 11.3 Å². The highest BCUT2D eigenvalue weighted by Gasteiger charge is 2.14. The highest BCUT2D eigenvalue weighted by atomic mass is 35.5. The lowest BCUT2D eigenvalue weighted by Gasteiger charge is -2.14. The number of ether oxygens (including phenoxy) is 2. The summed E-state index contributed by atoms with van der Waals surface area (Å²) in [5.74, 6) is 1.50. The molecule has 1 amide bonds. The van der Waals surface area contributed by atoms with Crippen LogP contribution in [0.2, 0.25) is 5.02 Å². The number of hydrogen-bond acceptors (Lipinski definition) is 6. The van der Waals surface area contributed by atoms with Gasteiger partial charge in [0.15, 0.2) is 5.65 Å². The quantitative estimate of drug-likeness (QED) is 0.410. The Bertz CT molecular complexity index is 1390. The summed E-state index contributed by atoms with van der Waals surface area (Å²) in [6, 6.07) is 15.9. The van der Waals surface area contributed by atoms with Crippen molar-refractivity contribution in [3.8, 4) is 11.5 Å². The molecule has 0 saturated heterocycles. The number of pyridine rings is 1. The van der Waals surface area contributed by atoms with Crippen LogP contribution in [0.15, 0.2) is 65.6 Å². The molecule has 0 saturated carbocycles. The average molecular weight is 479 g/mol.